The molecule has 8 nitrogen and oxygen atoms in total. The molecule has 0 unspecified atom stereocenters. The zero-order valence-electron chi connectivity index (χ0n) is 23.5. The van der Waals surface area contributed by atoms with Crippen LogP contribution in [0, 0.1) is 11.3 Å². The van der Waals surface area contributed by atoms with Gasteiger partial charge < -0.3 is 19.7 Å². The van der Waals surface area contributed by atoms with Crippen molar-refractivity contribution >= 4 is 27.5 Å². The largest absolute Gasteiger partial charge is 0.490 e. The van der Waals surface area contributed by atoms with E-state index in [0.29, 0.717) is 77.9 Å². The molecule has 1 aliphatic heterocycles. The molecule has 1 N–H and O–H groups in total. The van der Waals surface area contributed by atoms with Crippen LogP contribution in [-0.4, -0.2) is 40.0 Å². The second-order valence-corrected chi connectivity index (χ2v) is 12.6. The molecule has 0 saturated carbocycles. The van der Waals surface area contributed by atoms with E-state index >= 15 is 0 Å². The lowest BCUT2D eigenvalue weighted by Gasteiger charge is -2.40. The number of piperidine rings is 1. The average molecular weight is 644 g/mol. The number of carbonyl (C=O) groups is 1. The van der Waals surface area contributed by atoms with E-state index in [1.807, 2.05) is 11.0 Å². The first-order chi connectivity index (χ1) is 21.2. The van der Waals surface area contributed by atoms with Crippen LogP contribution in [0.5, 0.6) is 17.4 Å². The zero-order chi connectivity index (χ0) is 32.3. The van der Waals surface area contributed by atoms with Crippen molar-refractivity contribution in [3.63, 3.8) is 0 Å². The maximum atomic E-state index is 12.9. The van der Waals surface area contributed by atoms with Crippen molar-refractivity contribution in [2.75, 3.05) is 18.4 Å². The lowest BCUT2D eigenvalue weighted by atomic mass is 10.1. The van der Waals surface area contributed by atoms with Crippen LogP contribution in [0.3, 0.4) is 0 Å². The number of nitrogens with one attached hydrogen (secondary N) is 1. The molecule has 1 saturated heterocycles. The number of pyridine rings is 2. The molecule has 2 aromatic carbocycles. The molecule has 3 heterocycles. The smallest absolute Gasteiger partial charge is 0.310 e. The SMILES string of the molecule is C=C(c1ccc(C(=O)Nc2ccc(Oc3ccc(C#N)cc3)nc2)cn1)N1CCC(Oc2ccc(S(F)(F)(F)(F)F)cc2)CC1. The number of hydrogen-bond donors (Lipinski definition) is 1. The predicted octanol–water partition coefficient (Wildman–Crippen LogP) is 8.56. The first kappa shape index (κ1) is 31.3. The van der Waals surface area contributed by atoms with Gasteiger partial charge in [-0.1, -0.05) is 26.0 Å². The van der Waals surface area contributed by atoms with Gasteiger partial charge in [0.05, 0.1) is 40.5 Å². The fourth-order valence-corrected chi connectivity index (χ4v) is 5.16. The van der Waals surface area contributed by atoms with Gasteiger partial charge in [-0.15, -0.1) is 0 Å². The third-order valence-corrected chi connectivity index (χ3v) is 8.08. The molecule has 0 atom stereocenters. The van der Waals surface area contributed by atoms with Gasteiger partial charge in [-0.2, -0.15) is 5.26 Å². The van der Waals surface area contributed by atoms with E-state index in [9.17, 15) is 24.2 Å². The van der Waals surface area contributed by atoms with Crippen LogP contribution in [0.4, 0.5) is 25.1 Å². The number of ether oxygens (including phenoxy) is 2. The van der Waals surface area contributed by atoms with Crippen LogP contribution in [-0.2, 0) is 0 Å². The van der Waals surface area contributed by atoms with Crippen molar-refractivity contribution in [3.05, 3.63) is 109 Å². The van der Waals surface area contributed by atoms with Gasteiger partial charge in [-0.25, -0.2) is 4.98 Å². The van der Waals surface area contributed by atoms with Gasteiger partial charge in [0.15, 0.2) is 0 Å². The highest BCUT2D eigenvalue weighted by Crippen LogP contribution is 3.02. The molecule has 5 rings (SSSR count). The Morgan fingerprint density at radius 2 is 1.56 bits per heavy atom. The van der Waals surface area contributed by atoms with Crippen molar-refractivity contribution in [3.8, 4) is 23.4 Å². The van der Waals surface area contributed by atoms with Crippen LogP contribution in [0.2, 0.25) is 0 Å². The van der Waals surface area contributed by atoms with Crippen molar-refractivity contribution < 1.29 is 33.7 Å². The van der Waals surface area contributed by atoms with E-state index in [-0.39, 0.29) is 11.9 Å². The number of anilines is 1. The number of halogens is 5. The van der Waals surface area contributed by atoms with Crippen molar-refractivity contribution in [2.45, 2.75) is 23.8 Å². The summed E-state index contributed by atoms with van der Waals surface area (Å²) < 4.78 is 76.1. The summed E-state index contributed by atoms with van der Waals surface area (Å²) in [6, 6.07) is 17.6. The van der Waals surface area contributed by atoms with Crippen LogP contribution < -0.4 is 14.8 Å². The van der Waals surface area contributed by atoms with Crippen molar-refractivity contribution in [1.29, 1.82) is 5.26 Å². The third-order valence-electron chi connectivity index (χ3n) is 6.92. The molecule has 1 aliphatic rings. The molecule has 0 spiro atoms. The highest BCUT2D eigenvalue weighted by Gasteiger charge is 2.65. The Morgan fingerprint density at radius 1 is 0.889 bits per heavy atom. The fourth-order valence-electron chi connectivity index (χ4n) is 4.51. The monoisotopic (exact) mass is 643 g/mol. The number of nitrogens with zero attached hydrogens (tertiary/aromatic N) is 4. The van der Waals surface area contributed by atoms with E-state index in [1.54, 1.807) is 48.5 Å². The van der Waals surface area contributed by atoms with Crippen molar-refractivity contribution in [2.24, 2.45) is 0 Å². The Kier molecular flexibility index (Phi) is 7.92. The first-order valence-corrected chi connectivity index (χ1v) is 15.5. The highest BCUT2D eigenvalue weighted by molar-refractivity contribution is 8.45. The Labute approximate surface area is 255 Å². The summed E-state index contributed by atoms with van der Waals surface area (Å²) in [6.45, 7) is 5.15. The number of rotatable bonds is 9. The molecule has 0 bridgehead atoms. The summed E-state index contributed by atoms with van der Waals surface area (Å²) in [5.74, 6) is 0.510. The molecule has 0 radical (unpaired) electrons. The van der Waals surface area contributed by atoms with Gasteiger partial charge in [0.1, 0.15) is 22.5 Å². The lowest BCUT2D eigenvalue weighted by Crippen LogP contribution is -2.37. The standard InChI is InChI=1S/C31H26F5N5O3S/c1-21(41-16-14-27(15-17-41)43-25-8-10-28(11-9-25)45(32,33,34,35)36)29-12-4-23(19-38-29)31(42)40-24-5-13-30(39-20-24)44-26-6-2-22(18-37)3-7-26/h2-13,19-20,27H,1,14-17H2,(H,40,42). The van der Waals surface area contributed by atoms with Gasteiger partial charge in [-0.3, -0.25) is 9.78 Å². The Bertz CT molecular complexity index is 1740. The third kappa shape index (κ3) is 8.07. The van der Waals surface area contributed by atoms with E-state index in [4.69, 9.17) is 14.7 Å². The van der Waals surface area contributed by atoms with Crippen LogP contribution in [0.15, 0.2) is 96.7 Å². The molecular weight excluding hydrogens is 617 g/mol. The Morgan fingerprint density at radius 3 is 2.11 bits per heavy atom. The number of hydrogen-bond acceptors (Lipinski definition) is 7. The summed E-state index contributed by atoms with van der Waals surface area (Å²) in [5, 5.41) is 11.6. The molecule has 45 heavy (non-hydrogen) atoms. The summed E-state index contributed by atoms with van der Waals surface area (Å²) in [5.41, 5.74) is 2.45. The minimum Gasteiger partial charge on any atom is -0.490 e. The predicted molar refractivity (Wildman–Crippen MR) is 160 cm³/mol. The fraction of sp³-hybridized carbons (Fsp3) is 0.161. The molecule has 1 amide bonds. The molecule has 4 aromatic rings. The topological polar surface area (TPSA) is 100 Å². The second-order valence-electron chi connectivity index (χ2n) is 10.2. The first-order valence-electron chi connectivity index (χ1n) is 13.5. The summed E-state index contributed by atoms with van der Waals surface area (Å²) in [7, 11) is -9.73. The number of likely N-dealkylation sites (tertiary alicyclic amines) is 1. The molecular formula is C31H26F5N5O3S. The van der Waals surface area contributed by atoms with Gasteiger partial charge in [0, 0.05) is 38.2 Å². The van der Waals surface area contributed by atoms with E-state index < -0.39 is 21.0 Å². The number of carbonyl (C=O) groups excluding carboxylic acids is 1. The Balaban J connectivity index is 1.10. The van der Waals surface area contributed by atoms with E-state index in [0.717, 1.165) is 12.1 Å². The maximum Gasteiger partial charge on any atom is 0.310 e. The number of aromatic nitrogens is 2. The molecule has 1 fully saturated rings. The lowest BCUT2D eigenvalue weighted by molar-refractivity contribution is 0.102. The number of nitriles is 1. The molecule has 0 aliphatic carbocycles. The van der Waals surface area contributed by atoms with Crippen molar-refractivity contribution in [1.82, 2.24) is 14.9 Å². The molecule has 234 valence electrons. The maximum absolute atomic E-state index is 12.9. The van der Waals surface area contributed by atoms with Gasteiger partial charge in [-0.05, 0) is 66.7 Å². The minimum atomic E-state index is -9.73. The Hall–Kier alpha value is -5.16. The number of amides is 1. The van der Waals surface area contributed by atoms with Crippen LogP contribution >= 0.6 is 10.2 Å². The van der Waals surface area contributed by atoms with E-state index in [2.05, 4.69) is 21.9 Å². The van der Waals surface area contributed by atoms with E-state index in [1.165, 1.54) is 12.4 Å². The van der Waals surface area contributed by atoms with Gasteiger partial charge >= 0.3 is 10.2 Å². The van der Waals surface area contributed by atoms with Crippen LogP contribution in [0.25, 0.3) is 5.70 Å². The summed E-state index contributed by atoms with van der Waals surface area (Å²) >= 11 is 0. The van der Waals surface area contributed by atoms with Gasteiger partial charge in [0.25, 0.3) is 5.91 Å². The summed E-state index contributed by atoms with van der Waals surface area (Å²) in [4.78, 5) is 21.3. The minimum absolute atomic E-state index is 0.0802. The quantitative estimate of drug-likeness (QED) is 0.182. The molecule has 14 heteroatoms. The van der Waals surface area contributed by atoms with Gasteiger partial charge in [0.2, 0.25) is 5.88 Å². The van der Waals surface area contributed by atoms with Crippen LogP contribution in [0.1, 0.15) is 34.5 Å². The zero-order valence-corrected chi connectivity index (χ0v) is 24.3. The average Bonchev–Trinajstić information content (AvgIpc) is 3.01. The second kappa shape index (κ2) is 11.4. The highest BCUT2D eigenvalue weighted by atomic mass is 32.5. The normalized spacial score (nSPS) is 15.2. The molecule has 2 aromatic heterocycles. The number of benzene rings is 2. The summed E-state index contributed by atoms with van der Waals surface area (Å²) in [6.07, 6.45) is 3.61.